The molecule has 0 heterocycles. The average molecular weight is 648 g/mol. The molecule has 0 aromatic heterocycles. The van der Waals surface area contributed by atoms with Crippen molar-refractivity contribution in [3.8, 4) is 0 Å². The number of phosphoric acid groups is 1. The van der Waals surface area contributed by atoms with Crippen molar-refractivity contribution in [1.82, 2.24) is 0 Å². The van der Waals surface area contributed by atoms with Crippen molar-refractivity contribution in [2.24, 2.45) is 17.2 Å². The molecule has 0 saturated heterocycles. The second-order valence-corrected chi connectivity index (χ2v) is 14.6. The van der Waals surface area contributed by atoms with E-state index in [0.717, 1.165) is 77.4 Å². The topological polar surface area (TPSA) is 123 Å². The predicted molar refractivity (Wildman–Crippen MR) is 191 cm³/mol. The van der Waals surface area contributed by atoms with Crippen LogP contribution < -0.4 is 17.2 Å². The number of nitrogens with two attached hydrogens (primary N) is 3. The Balaban J connectivity index is 4.07. The third kappa shape index (κ3) is 34.9. The summed E-state index contributed by atoms with van der Waals surface area (Å²) in [5.74, 6) is 0. The summed E-state index contributed by atoms with van der Waals surface area (Å²) in [6.45, 7) is 3.81. The molecule has 0 aliphatic heterocycles. The van der Waals surface area contributed by atoms with Crippen LogP contribution in [-0.4, -0.2) is 39.5 Å². The van der Waals surface area contributed by atoms with Gasteiger partial charge in [-0.25, -0.2) is 4.57 Å². The van der Waals surface area contributed by atoms with Gasteiger partial charge in [0.25, 0.3) is 0 Å². The van der Waals surface area contributed by atoms with Crippen molar-refractivity contribution in [3.63, 3.8) is 0 Å². The number of rotatable bonds is 39. The van der Waals surface area contributed by atoms with Gasteiger partial charge in [-0.3, -0.25) is 13.6 Å². The molecule has 6 N–H and O–H groups in total. The van der Waals surface area contributed by atoms with Gasteiger partial charge in [0, 0.05) is 0 Å². The van der Waals surface area contributed by atoms with Crippen molar-refractivity contribution < 1.29 is 18.1 Å². The van der Waals surface area contributed by atoms with E-state index in [1.807, 2.05) is 0 Å². The SMILES string of the molecule is NCCCCCCCCCCCCOP(=O)(OCCCCCCCCCCCCN)OCCCCCCCCCCCCN. The molecule has 0 aromatic rings. The van der Waals surface area contributed by atoms with E-state index >= 15 is 0 Å². The first-order valence-electron chi connectivity index (χ1n) is 19.3. The van der Waals surface area contributed by atoms with Gasteiger partial charge in [-0.2, -0.15) is 0 Å². The van der Waals surface area contributed by atoms with Gasteiger partial charge in [-0.1, -0.05) is 154 Å². The van der Waals surface area contributed by atoms with Crippen LogP contribution in [0.5, 0.6) is 0 Å². The van der Waals surface area contributed by atoms with E-state index in [1.54, 1.807) is 0 Å². The van der Waals surface area contributed by atoms with E-state index in [4.69, 9.17) is 30.8 Å². The second kappa shape index (κ2) is 37.4. The Morgan fingerprint density at radius 2 is 0.432 bits per heavy atom. The molecule has 0 saturated carbocycles. The largest absolute Gasteiger partial charge is 0.474 e. The molecular weight excluding hydrogens is 569 g/mol. The monoisotopic (exact) mass is 648 g/mol. The molecule has 0 rings (SSSR count). The third-order valence-corrected chi connectivity index (χ3v) is 10.0. The first kappa shape index (κ1) is 44.0. The first-order valence-corrected chi connectivity index (χ1v) is 20.8. The van der Waals surface area contributed by atoms with Gasteiger partial charge >= 0.3 is 7.82 Å². The Morgan fingerprint density at radius 3 is 0.614 bits per heavy atom. The molecule has 44 heavy (non-hydrogen) atoms. The lowest BCUT2D eigenvalue weighted by atomic mass is 10.1. The standard InChI is InChI=1S/C36H78N3O4P/c37-31-25-19-13-7-1-4-10-16-22-28-34-41-44(40,42-35-29-23-17-11-5-2-8-14-20-26-32-38)43-36-30-24-18-12-6-3-9-15-21-27-33-39/h1-39H2. The molecule has 0 fully saturated rings. The van der Waals surface area contributed by atoms with E-state index in [9.17, 15) is 4.57 Å². The molecule has 266 valence electrons. The smallest absolute Gasteiger partial charge is 0.330 e. The summed E-state index contributed by atoms with van der Waals surface area (Å²) in [6, 6.07) is 0. The Labute approximate surface area is 274 Å². The maximum atomic E-state index is 13.4. The lowest BCUT2D eigenvalue weighted by molar-refractivity contribution is 0.108. The van der Waals surface area contributed by atoms with E-state index < -0.39 is 7.82 Å². The van der Waals surface area contributed by atoms with Gasteiger partial charge in [0.05, 0.1) is 19.8 Å². The minimum atomic E-state index is -3.49. The van der Waals surface area contributed by atoms with Crippen LogP contribution in [0.3, 0.4) is 0 Å². The van der Waals surface area contributed by atoms with E-state index in [1.165, 1.54) is 135 Å². The highest BCUT2D eigenvalue weighted by Crippen LogP contribution is 2.50. The summed E-state index contributed by atoms with van der Waals surface area (Å²) < 4.78 is 30.8. The molecule has 0 atom stereocenters. The Hall–Kier alpha value is -0.0100. The van der Waals surface area contributed by atoms with Crippen LogP contribution in [0.25, 0.3) is 0 Å². The number of hydrogen-bond donors (Lipinski definition) is 3. The Bertz CT molecular complexity index is 510. The Morgan fingerprint density at radius 1 is 0.273 bits per heavy atom. The summed E-state index contributed by atoms with van der Waals surface area (Å²) >= 11 is 0. The van der Waals surface area contributed by atoms with Crippen molar-refractivity contribution >= 4 is 7.82 Å². The zero-order chi connectivity index (χ0) is 32.1. The molecule has 0 unspecified atom stereocenters. The Kier molecular flexibility index (Phi) is 37.4. The maximum absolute atomic E-state index is 13.4. The molecule has 0 spiro atoms. The lowest BCUT2D eigenvalue weighted by Crippen LogP contribution is -2.04. The molecule has 0 radical (unpaired) electrons. The zero-order valence-electron chi connectivity index (χ0n) is 29.3. The lowest BCUT2D eigenvalue weighted by Gasteiger charge is -2.18. The van der Waals surface area contributed by atoms with Gasteiger partial charge in [-0.15, -0.1) is 0 Å². The van der Waals surface area contributed by atoms with E-state index in [-0.39, 0.29) is 0 Å². The van der Waals surface area contributed by atoms with E-state index in [2.05, 4.69) is 0 Å². The number of phosphoric ester groups is 1. The van der Waals surface area contributed by atoms with Crippen LogP contribution in [0.1, 0.15) is 193 Å². The molecule has 0 aliphatic carbocycles. The molecule has 0 bridgehead atoms. The van der Waals surface area contributed by atoms with Gasteiger partial charge in [0.1, 0.15) is 0 Å². The summed E-state index contributed by atoms with van der Waals surface area (Å²) in [5.41, 5.74) is 16.7. The van der Waals surface area contributed by atoms with E-state index in [0.29, 0.717) is 19.8 Å². The minimum absolute atomic E-state index is 0.451. The summed E-state index contributed by atoms with van der Waals surface area (Å²) in [7, 11) is -3.49. The average Bonchev–Trinajstić information content (AvgIpc) is 3.02. The summed E-state index contributed by atoms with van der Waals surface area (Å²) in [4.78, 5) is 0. The normalized spacial score (nSPS) is 12.0. The predicted octanol–water partition coefficient (Wildman–Crippen LogP) is 10.7. The van der Waals surface area contributed by atoms with Crippen LogP contribution >= 0.6 is 7.82 Å². The highest BCUT2D eigenvalue weighted by molar-refractivity contribution is 7.48. The van der Waals surface area contributed by atoms with Crippen molar-refractivity contribution in [3.05, 3.63) is 0 Å². The van der Waals surface area contributed by atoms with Crippen LogP contribution in [0.4, 0.5) is 0 Å². The quantitative estimate of drug-likeness (QED) is 0.0448. The molecule has 8 heteroatoms. The van der Waals surface area contributed by atoms with Crippen LogP contribution in [0.2, 0.25) is 0 Å². The second-order valence-electron chi connectivity index (χ2n) is 12.9. The minimum Gasteiger partial charge on any atom is -0.330 e. The highest BCUT2D eigenvalue weighted by atomic mass is 31.2. The van der Waals surface area contributed by atoms with Gasteiger partial charge < -0.3 is 17.2 Å². The molecule has 7 nitrogen and oxygen atoms in total. The maximum Gasteiger partial charge on any atom is 0.474 e. The number of unbranched alkanes of at least 4 members (excludes halogenated alkanes) is 27. The van der Waals surface area contributed by atoms with Gasteiger partial charge in [0.2, 0.25) is 0 Å². The summed E-state index contributed by atoms with van der Waals surface area (Å²) in [5, 5.41) is 0. The number of hydrogen-bond acceptors (Lipinski definition) is 7. The highest BCUT2D eigenvalue weighted by Gasteiger charge is 2.26. The fraction of sp³-hybridized carbons (Fsp3) is 1.00. The van der Waals surface area contributed by atoms with Crippen molar-refractivity contribution in [1.29, 1.82) is 0 Å². The molecule has 0 aliphatic rings. The molecule has 0 amide bonds. The van der Waals surface area contributed by atoms with Crippen LogP contribution in [0.15, 0.2) is 0 Å². The fourth-order valence-electron chi connectivity index (χ4n) is 5.62. The van der Waals surface area contributed by atoms with Crippen LogP contribution in [0, 0.1) is 0 Å². The van der Waals surface area contributed by atoms with Gasteiger partial charge in [0.15, 0.2) is 0 Å². The van der Waals surface area contributed by atoms with Gasteiger partial charge in [-0.05, 0) is 58.2 Å². The zero-order valence-corrected chi connectivity index (χ0v) is 30.2. The van der Waals surface area contributed by atoms with Crippen molar-refractivity contribution in [2.75, 3.05) is 39.5 Å². The third-order valence-electron chi connectivity index (χ3n) is 8.54. The van der Waals surface area contributed by atoms with Crippen LogP contribution in [-0.2, 0) is 18.1 Å². The van der Waals surface area contributed by atoms with Crippen molar-refractivity contribution in [2.45, 2.75) is 193 Å². The molecular formula is C36H78N3O4P. The first-order chi connectivity index (χ1) is 21.7. The summed E-state index contributed by atoms with van der Waals surface area (Å²) in [6.07, 6.45) is 36.5. The molecule has 0 aromatic carbocycles. The fourth-order valence-corrected chi connectivity index (χ4v) is 6.90.